The molecule has 2 atom stereocenters. The molecule has 0 bridgehead atoms. The number of amides is 1. The predicted octanol–water partition coefficient (Wildman–Crippen LogP) is 7.20. The van der Waals surface area contributed by atoms with E-state index in [1.54, 1.807) is 11.8 Å². The van der Waals surface area contributed by atoms with Gasteiger partial charge in [-0.3, -0.25) is 4.90 Å². The van der Waals surface area contributed by atoms with Crippen LogP contribution in [0.1, 0.15) is 56.2 Å². The number of benzene rings is 2. The molecule has 1 fully saturated rings. The summed E-state index contributed by atoms with van der Waals surface area (Å²) in [6, 6.07) is 16.6. The van der Waals surface area contributed by atoms with Gasteiger partial charge in [0.2, 0.25) is 0 Å². The third kappa shape index (κ3) is 5.12. The third-order valence-corrected chi connectivity index (χ3v) is 6.62. The average molecular weight is 462 g/mol. The fourth-order valence-electron chi connectivity index (χ4n) is 4.03. The second kappa shape index (κ2) is 10.4. The number of halogens is 1. The lowest BCUT2D eigenvalue weighted by Gasteiger charge is -2.42. The highest BCUT2D eigenvalue weighted by atomic mass is 79.9. The number of hydrogen-bond acceptors (Lipinski definition) is 3. The molecule has 1 aliphatic heterocycles. The van der Waals surface area contributed by atoms with Crippen molar-refractivity contribution in [3.05, 3.63) is 64.1 Å². The van der Waals surface area contributed by atoms with Gasteiger partial charge >= 0.3 is 6.09 Å². The van der Waals surface area contributed by atoms with Gasteiger partial charge in [0.25, 0.3) is 0 Å². The summed E-state index contributed by atoms with van der Waals surface area (Å²) in [6.07, 6.45) is 7.16. The highest BCUT2D eigenvalue weighted by Crippen LogP contribution is 2.40. The van der Waals surface area contributed by atoms with Gasteiger partial charge in [-0.05, 0) is 55.2 Å². The van der Waals surface area contributed by atoms with Crippen LogP contribution < -0.4 is 0 Å². The summed E-state index contributed by atoms with van der Waals surface area (Å²) in [7, 11) is 0. The lowest BCUT2D eigenvalue weighted by Crippen LogP contribution is -2.46. The van der Waals surface area contributed by atoms with Crippen molar-refractivity contribution in [1.82, 2.24) is 4.90 Å². The maximum atomic E-state index is 13.2. The quantitative estimate of drug-likeness (QED) is 0.425. The Morgan fingerprint density at radius 3 is 2.71 bits per heavy atom. The summed E-state index contributed by atoms with van der Waals surface area (Å²) in [5.74, 6) is 0. The minimum Gasteiger partial charge on any atom is -0.445 e. The van der Waals surface area contributed by atoms with E-state index in [9.17, 15) is 4.79 Å². The Balaban J connectivity index is 1.85. The number of hydrogen-bond donors (Lipinski definition) is 0. The summed E-state index contributed by atoms with van der Waals surface area (Å²) in [6.45, 7) is 2.50. The smallest absolute Gasteiger partial charge is 0.410 e. The van der Waals surface area contributed by atoms with Crippen molar-refractivity contribution in [2.45, 2.75) is 62.6 Å². The van der Waals surface area contributed by atoms with E-state index in [0.717, 1.165) is 42.1 Å². The zero-order chi connectivity index (χ0) is 19.9. The maximum Gasteiger partial charge on any atom is 0.410 e. The van der Waals surface area contributed by atoms with Crippen LogP contribution in [0.3, 0.4) is 0 Å². The van der Waals surface area contributed by atoms with Crippen molar-refractivity contribution in [3.8, 4) is 0 Å². The van der Waals surface area contributed by atoms with Gasteiger partial charge in [0.15, 0.2) is 0 Å². The molecule has 1 aliphatic rings. The number of nitrogens with zero attached hydrogens (tertiary/aromatic N) is 1. The molecule has 1 amide bonds. The first-order valence-corrected chi connectivity index (χ1v) is 12.0. The summed E-state index contributed by atoms with van der Waals surface area (Å²) in [5, 5.41) is 0. The van der Waals surface area contributed by atoms with Gasteiger partial charge in [-0.2, -0.15) is 0 Å². The van der Waals surface area contributed by atoms with E-state index >= 15 is 0 Å². The summed E-state index contributed by atoms with van der Waals surface area (Å²) in [4.78, 5) is 16.4. The molecule has 1 heterocycles. The minimum atomic E-state index is -0.193. The Bertz CT molecular complexity index is 781. The first kappa shape index (κ1) is 21.3. The van der Waals surface area contributed by atoms with Crippen LogP contribution in [0.5, 0.6) is 0 Å². The van der Waals surface area contributed by atoms with Crippen LogP contribution in [0, 0.1) is 0 Å². The number of piperidine rings is 1. The minimum absolute atomic E-state index is 0.0733. The number of ether oxygens (including phenoxy) is 1. The molecule has 0 radical (unpaired) electrons. The number of carbonyl (C=O) groups excluding carboxylic acids is 1. The van der Waals surface area contributed by atoms with Gasteiger partial charge in [0.05, 0.1) is 6.04 Å². The third-order valence-electron chi connectivity index (χ3n) is 5.34. The molecule has 3 rings (SSSR count). The molecule has 5 heteroatoms. The first-order valence-electron chi connectivity index (χ1n) is 9.96. The van der Waals surface area contributed by atoms with Gasteiger partial charge in [-0.15, -0.1) is 11.8 Å². The van der Waals surface area contributed by atoms with Crippen molar-refractivity contribution < 1.29 is 9.53 Å². The molecule has 1 saturated heterocycles. The molecular weight excluding hydrogens is 434 g/mol. The lowest BCUT2D eigenvalue weighted by atomic mass is 9.89. The van der Waals surface area contributed by atoms with E-state index in [0.29, 0.717) is 6.61 Å². The Kier molecular flexibility index (Phi) is 7.86. The zero-order valence-electron chi connectivity index (χ0n) is 16.6. The Hall–Kier alpha value is -1.46. The largest absolute Gasteiger partial charge is 0.445 e. The Morgan fingerprint density at radius 2 is 2.00 bits per heavy atom. The molecule has 0 N–H and O–H groups in total. The molecule has 0 aromatic heterocycles. The molecule has 0 unspecified atom stereocenters. The lowest BCUT2D eigenvalue weighted by molar-refractivity contribution is 0.0377. The Labute approximate surface area is 181 Å². The number of likely N-dealkylation sites (tertiary alicyclic amines) is 1. The van der Waals surface area contributed by atoms with Crippen molar-refractivity contribution >= 4 is 33.8 Å². The monoisotopic (exact) mass is 461 g/mol. The molecule has 2 aromatic carbocycles. The van der Waals surface area contributed by atoms with Crippen LogP contribution in [0.2, 0.25) is 0 Å². The van der Waals surface area contributed by atoms with E-state index in [1.165, 1.54) is 10.5 Å². The van der Waals surface area contributed by atoms with Gasteiger partial charge in [0, 0.05) is 15.4 Å². The van der Waals surface area contributed by atoms with E-state index in [2.05, 4.69) is 47.3 Å². The average Bonchev–Trinajstić information content (AvgIpc) is 2.73. The topological polar surface area (TPSA) is 29.5 Å². The standard InChI is InChI=1S/C23H28BrNO2S/c1-3-8-19-11-7-12-21(20-14-13-18(24)15-22(20)28-2)25(19)23(26)27-16-17-9-5-4-6-10-17/h4-6,9-10,13-15,19,21H,3,7-8,11-12,16H2,1-2H3/t19-,21+/m1/s1. The second-order valence-electron chi connectivity index (χ2n) is 7.22. The SMILES string of the molecule is CCC[C@@H]1CCC[C@@H](c2ccc(Br)cc2SC)N1C(=O)OCc1ccccc1. The van der Waals surface area contributed by atoms with Gasteiger partial charge in [0.1, 0.15) is 6.61 Å². The van der Waals surface area contributed by atoms with Crippen molar-refractivity contribution in [2.24, 2.45) is 0 Å². The van der Waals surface area contributed by atoms with Gasteiger partial charge < -0.3 is 4.74 Å². The highest BCUT2D eigenvalue weighted by Gasteiger charge is 2.36. The van der Waals surface area contributed by atoms with Crippen molar-refractivity contribution in [2.75, 3.05) is 6.26 Å². The second-order valence-corrected chi connectivity index (χ2v) is 8.99. The van der Waals surface area contributed by atoms with Gasteiger partial charge in [-0.1, -0.05) is 65.7 Å². The van der Waals surface area contributed by atoms with Gasteiger partial charge in [-0.25, -0.2) is 4.79 Å². The van der Waals surface area contributed by atoms with Crippen molar-refractivity contribution in [3.63, 3.8) is 0 Å². The fourth-order valence-corrected chi connectivity index (χ4v) is 5.23. The van der Waals surface area contributed by atoms with Crippen molar-refractivity contribution in [1.29, 1.82) is 0 Å². The summed E-state index contributed by atoms with van der Waals surface area (Å²) >= 11 is 5.31. The van der Waals surface area contributed by atoms with E-state index in [1.807, 2.05) is 35.2 Å². The normalized spacial score (nSPS) is 19.5. The number of rotatable bonds is 6. The number of carbonyl (C=O) groups is 1. The van der Waals surface area contributed by atoms with Crippen LogP contribution in [0.4, 0.5) is 4.79 Å². The molecule has 0 aliphatic carbocycles. The summed E-state index contributed by atoms with van der Waals surface area (Å²) in [5.41, 5.74) is 2.25. The molecule has 0 spiro atoms. The van der Waals surface area contributed by atoms with Crippen LogP contribution >= 0.6 is 27.7 Å². The van der Waals surface area contributed by atoms with Crippen LogP contribution in [0.15, 0.2) is 57.9 Å². The van der Waals surface area contributed by atoms with E-state index in [4.69, 9.17) is 4.74 Å². The van der Waals surface area contributed by atoms with Crippen LogP contribution in [-0.2, 0) is 11.3 Å². The molecule has 2 aromatic rings. The zero-order valence-corrected chi connectivity index (χ0v) is 19.0. The summed E-state index contributed by atoms with van der Waals surface area (Å²) < 4.78 is 6.83. The predicted molar refractivity (Wildman–Crippen MR) is 120 cm³/mol. The Morgan fingerprint density at radius 1 is 1.21 bits per heavy atom. The molecule has 0 saturated carbocycles. The highest BCUT2D eigenvalue weighted by molar-refractivity contribution is 9.10. The molecule has 150 valence electrons. The van der Waals surface area contributed by atoms with Crippen LogP contribution in [-0.4, -0.2) is 23.3 Å². The van der Waals surface area contributed by atoms with E-state index in [-0.39, 0.29) is 18.2 Å². The van der Waals surface area contributed by atoms with E-state index < -0.39 is 0 Å². The first-order chi connectivity index (χ1) is 13.6. The molecule has 3 nitrogen and oxygen atoms in total. The maximum absolute atomic E-state index is 13.2. The number of thioether (sulfide) groups is 1. The molecule has 28 heavy (non-hydrogen) atoms. The molecular formula is C23H28BrNO2S. The fraction of sp³-hybridized carbons (Fsp3) is 0.435. The van der Waals surface area contributed by atoms with Crippen LogP contribution in [0.25, 0.3) is 0 Å².